The van der Waals surface area contributed by atoms with Gasteiger partial charge in [-0.3, -0.25) is 10.1 Å². The molecule has 3 aromatic rings. The Morgan fingerprint density at radius 1 is 1.07 bits per heavy atom. The minimum absolute atomic E-state index is 0.0387. The average Bonchev–Trinajstić information content (AvgIpc) is 3.54. The number of nitro groups is 1. The van der Waals surface area contributed by atoms with E-state index in [0.717, 1.165) is 5.56 Å². The van der Waals surface area contributed by atoms with Gasteiger partial charge >= 0.3 is 0 Å². The molecule has 0 spiro atoms. The van der Waals surface area contributed by atoms with Gasteiger partial charge in [-0.05, 0) is 48.9 Å². The van der Waals surface area contributed by atoms with Gasteiger partial charge in [-0.1, -0.05) is 24.3 Å². The van der Waals surface area contributed by atoms with Crippen LogP contribution in [0.4, 0.5) is 5.69 Å². The number of nitro benzene ring substituents is 1. The van der Waals surface area contributed by atoms with Crippen LogP contribution in [-0.2, 0) is 0 Å². The molecule has 1 aliphatic carbocycles. The van der Waals surface area contributed by atoms with Crippen molar-refractivity contribution in [2.75, 3.05) is 0 Å². The summed E-state index contributed by atoms with van der Waals surface area (Å²) in [6.07, 6.45) is 5.46. The van der Waals surface area contributed by atoms with E-state index in [9.17, 15) is 10.1 Å². The summed E-state index contributed by atoms with van der Waals surface area (Å²) in [5.41, 5.74) is 3.84. The molecule has 1 saturated carbocycles. The Hall–Kier alpha value is -3.28. The second kappa shape index (κ2) is 7.15. The van der Waals surface area contributed by atoms with Gasteiger partial charge in [-0.15, -0.1) is 0 Å². The lowest BCUT2D eigenvalue weighted by Gasteiger charge is -2.19. The summed E-state index contributed by atoms with van der Waals surface area (Å²) in [7, 11) is 0. The smallest absolute Gasteiger partial charge is 0.269 e. The SMILES string of the molecule is CC(Oc1nccnc1-c1ccc([N+](=O)[O-])cc1)c1ccccc1C1CC1. The molecule has 1 heterocycles. The summed E-state index contributed by atoms with van der Waals surface area (Å²) in [4.78, 5) is 19.2. The minimum Gasteiger partial charge on any atom is -0.468 e. The molecular formula is C21H19N3O3. The van der Waals surface area contributed by atoms with E-state index < -0.39 is 4.92 Å². The van der Waals surface area contributed by atoms with E-state index in [4.69, 9.17) is 4.74 Å². The number of hydrogen-bond acceptors (Lipinski definition) is 5. The minimum atomic E-state index is -0.422. The lowest BCUT2D eigenvalue weighted by molar-refractivity contribution is -0.384. The van der Waals surface area contributed by atoms with Crippen molar-refractivity contribution in [3.05, 3.63) is 82.2 Å². The molecule has 0 bridgehead atoms. The highest BCUT2D eigenvalue weighted by atomic mass is 16.6. The van der Waals surface area contributed by atoms with Gasteiger partial charge in [0, 0.05) is 30.1 Å². The first-order valence-electron chi connectivity index (χ1n) is 8.95. The third-order valence-corrected chi connectivity index (χ3v) is 4.76. The highest BCUT2D eigenvalue weighted by Gasteiger charge is 2.28. The van der Waals surface area contributed by atoms with Crippen LogP contribution in [0.15, 0.2) is 60.9 Å². The van der Waals surface area contributed by atoms with Gasteiger partial charge in [0.25, 0.3) is 5.69 Å². The van der Waals surface area contributed by atoms with Crippen LogP contribution in [0.3, 0.4) is 0 Å². The fraction of sp³-hybridized carbons (Fsp3) is 0.238. The molecule has 0 aliphatic heterocycles. The van der Waals surface area contributed by atoms with Crippen molar-refractivity contribution in [3.63, 3.8) is 0 Å². The Morgan fingerprint density at radius 3 is 2.48 bits per heavy atom. The lowest BCUT2D eigenvalue weighted by atomic mass is 9.99. The van der Waals surface area contributed by atoms with Crippen LogP contribution < -0.4 is 4.74 Å². The molecule has 6 nitrogen and oxygen atoms in total. The summed E-state index contributed by atoms with van der Waals surface area (Å²) < 4.78 is 6.17. The summed E-state index contributed by atoms with van der Waals surface area (Å²) in [6.45, 7) is 2.01. The molecule has 0 radical (unpaired) electrons. The molecule has 0 saturated heterocycles. The number of aromatic nitrogens is 2. The van der Waals surface area contributed by atoms with Crippen LogP contribution in [0.25, 0.3) is 11.3 Å². The third kappa shape index (κ3) is 3.65. The number of hydrogen-bond donors (Lipinski definition) is 0. The Balaban J connectivity index is 1.63. The van der Waals surface area contributed by atoms with E-state index in [1.165, 1.54) is 36.1 Å². The normalized spacial score (nSPS) is 14.6. The van der Waals surface area contributed by atoms with Crippen molar-refractivity contribution in [2.24, 2.45) is 0 Å². The largest absolute Gasteiger partial charge is 0.468 e. The summed E-state index contributed by atoms with van der Waals surface area (Å²) in [5.74, 6) is 1.05. The molecule has 6 heteroatoms. The number of nitrogens with zero attached hydrogens (tertiary/aromatic N) is 3. The van der Waals surface area contributed by atoms with Gasteiger partial charge in [0.05, 0.1) is 4.92 Å². The Bertz CT molecular complexity index is 968. The number of non-ortho nitro benzene ring substituents is 1. The molecule has 0 amide bonds. The molecule has 1 fully saturated rings. The highest BCUT2D eigenvalue weighted by Crippen LogP contribution is 2.43. The second-order valence-electron chi connectivity index (χ2n) is 6.68. The van der Waals surface area contributed by atoms with Crippen molar-refractivity contribution >= 4 is 5.69 Å². The van der Waals surface area contributed by atoms with Gasteiger partial charge in [-0.2, -0.15) is 0 Å². The van der Waals surface area contributed by atoms with Crippen LogP contribution in [0.5, 0.6) is 5.88 Å². The fourth-order valence-corrected chi connectivity index (χ4v) is 3.23. The van der Waals surface area contributed by atoms with Crippen LogP contribution in [-0.4, -0.2) is 14.9 Å². The predicted molar refractivity (Wildman–Crippen MR) is 102 cm³/mol. The monoisotopic (exact) mass is 361 g/mol. The lowest BCUT2D eigenvalue weighted by Crippen LogP contribution is -2.08. The first kappa shape index (κ1) is 17.1. The van der Waals surface area contributed by atoms with Gasteiger partial charge in [0.1, 0.15) is 11.8 Å². The van der Waals surface area contributed by atoms with Gasteiger partial charge in [0.15, 0.2) is 0 Å². The molecule has 1 aromatic heterocycles. The molecule has 0 N–H and O–H groups in total. The zero-order valence-corrected chi connectivity index (χ0v) is 14.9. The van der Waals surface area contributed by atoms with E-state index in [0.29, 0.717) is 17.5 Å². The molecular weight excluding hydrogens is 342 g/mol. The van der Waals surface area contributed by atoms with Crippen molar-refractivity contribution in [1.82, 2.24) is 9.97 Å². The third-order valence-electron chi connectivity index (χ3n) is 4.76. The predicted octanol–water partition coefficient (Wildman–Crippen LogP) is 5.07. The maximum absolute atomic E-state index is 10.9. The van der Waals surface area contributed by atoms with E-state index in [-0.39, 0.29) is 11.8 Å². The molecule has 2 aromatic carbocycles. The van der Waals surface area contributed by atoms with Crippen molar-refractivity contribution in [2.45, 2.75) is 31.8 Å². The molecule has 1 aliphatic rings. The van der Waals surface area contributed by atoms with Crippen LogP contribution in [0, 0.1) is 10.1 Å². The molecule has 1 unspecified atom stereocenters. The molecule has 136 valence electrons. The zero-order chi connectivity index (χ0) is 18.8. The second-order valence-corrected chi connectivity index (χ2v) is 6.68. The first-order valence-corrected chi connectivity index (χ1v) is 8.95. The molecule has 4 rings (SSSR count). The number of benzene rings is 2. The highest BCUT2D eigenvalue weighted by molar-refractivity contribution is 5.65. The quantitative estimate of drug-likeness (QED) is 0.452. The van der Waals surface area contributed by atoms with Gasteiger partial charge < -0.3 is 4.74 Å². The molecule has 27 heavy (non-hydrogen) atoms. The van der Waals surface area contributed by atoms with E-state index >= 15 is 0 Å². The van der Waals surface area contributed by atoms with Gasteiger partial charge in [-0.25, -0.2) is 9.97 Å². The standard InChI is InChI=1S/C21H19N3O3/c1-14(18-4-2-3-5-19(18)15-6-7-15)27-21-20(22-12-13-23-21)16-8-10-17(11-9-16)24(25)26/h2-5,8-15H,6-7H2,1H3. The van der Waals surface area contributed by atoms with E-state index in [1.807, 2.05) is 13.0 Å². The Labute approximate surface area is 157 Å². The van der Waals surface area contributed by atoms with Crippen LogP contribution in [0.2, 0.25) is 0 Å². The number of rotatable bonds is 6. The topological polar surface area (TPSA) is 78.2 Å². The van der Waals surface area contributed by atoms with E-state index in [1.54, 1.807) is 24.5 Å². The van der Waals surface area contributed by atoms with E-state index in [2.05, 4.69) is 28.2 Å². The maximum atomic E-state index is 10.9. The van der Waals surface area contributed by atoms with Crippen LogP contribution >= 0.6 is 0 Å². The van der Waals surface area contributed by atoms with Crippen molar-refractivity contribution in [3.8, 4) is 17.1 Å². The van der Waals surface area contributed by atoms with Crippen molar-refractivity contribution < 1.29 is 9.66 Å². The van der Waals surface area contributed by atoms with Gasteiger partial charge in [0.2, 0.25) is 5.88 Å². The van der Waals surface area contributed by atoms with Crippen molar-refractivity contribution in [1.29, 1.82) is 0 Å². The summed E-state index contributed by atoms with van der Waals surface area (Å²) in [5, 5.41) is 10.9. The maximum Gasteiger partial charge on any atom is 0.269 e. The fourth-order valence-electron chi connectivity index (χ4n) is 3.23. The average molecular weight is 361 g/mol. The molecule has 1 atom stereocenters. The first-order chi connectivity index (χ1) is 13.1. The Morgan fingerprint density at radius 2 is 1.78 bits per heavy atom. The zero-order valence-electron chi connectivity index (χ0n) is 14.9. The summed E-state index contributed by atoms with van der Waals surface area (Å²) in [6, 6.07) is 14.6. The summed E-state index contributed by atoms with van der Waals surface area (Å²) >= 11 is 0. The number of ether oxygens (including phenoxy) is 1. The Kier molecular flexibility index (Phi) is 4.54. The van der Waals surface area contributed by atoms with Crippen LogP contribution in [0.1, 0.15) is 42.9 Å².